The van der Waals surface area contributed by atoms with Crippen LogP contribution in [0.3, 0.4) is 0 Å². The maximum absolute atomic E-state index is 10.1. The fraction of sp³-hybridized carbons (Fsp3) is 0.462. The van der Waals surface area contributed by atoms with E-state index in [1.807, 2.05) is 30.8 Å². The fourth-order valence-electron chi connectivity index (χ4n) is 1.95. The number of aromatic nitrogens is 2. The van der Waals surface area contributed by atoms with Gasteiger partial charge in [0.25, 0.3) is 0 Å². The van der Waals surface area contributed by atoms with Gasteiger partial charge in [0.2, 0.25) is 0 Å². The van der Waals surface area contributed by atoms with Crippen LogP contribution >= 0.6 is 0 Å². The molecule has 0 saturated heterocycles. The Morgan fingerprint density at radius 3 is 2.82 bits per heavy atom. The van der Waals surface area contributed by atoms with E-state index in [0.717, 1.165) is 23.4 Å². The molecule has 0 aliphatic rings. The summed E-state index contributed by atoms with van der Waals surface area (Å²) in [7, 11) is 1.90. The van der Waals surface area contributed by atoms with Crippen molar-refractivity contribution in [3.63, 3.8) is 0 Å². The van der Waals surface area contributed by atoms with Crippen LogP contribution in [0.2, 0.25) is 0 Å². The summed E-state index contributed by atoms with van der Waals surface area (Å²) in [6.07, 6.45) is 2.43. The first kappa shape index (κ1) is 11.9. The molecule has 2 rings (SSSR count). The minimum absolute atomic E-state index is 0.526. The smallest absolute Gasteiger partial charge is 0.135 e. The van der Waals surface area contributed by atoms with Crippen LogP contribution < -0.4 is 0 Å². The highest BCUT2D eigenvalue weighted by Gasteiger charge is 2.16. The summed E-state index contributed by atoms with van der Waals surface area (Å²) in [4.78, 5) is 0. The van der Waals surface area contributed by atoms with Crippen LogP contribution in [0.5, 0.6) is 0 Å². The number of furan rings is 1. The second-order valence-corrected chi connectivity index (χ2v) is 4.29. The number of hydrogen-bond acceptors (Lipinski definition) is 3. The molecule has 1 unspecified atom stereocenters. The van der Waals surface area contributed by atoms with Crippen LogP contribution in [0.1, 0.15) is 35.7 Å². The Morgan fingerprint density at radius 2 is 2.29 bits per heavy atom. The first-order valence-electron chi connectivity index (χ1n) is 5.85. The molecule has 2 aromatic rings. The summed E-state index contributed by atoms with van der Waals surface area (Å²) in [5, 5.41) is 14.5. The highest BCUT2D eigenvalue weighted by Crippen LogP contribution is 2.22. The number of aryl methyl sites for hydroxylation is 3. The van der Waals surface area contributed by atoms with Gasteiger partial charge in [-0.15, -0.1) is 0 Å². The third-order valence-electron chi connectivity index (χ3n) is 3.00. The minimum atomic E-state index is -0.606. The molecule has 92 valence electrons. The van der Waals surface area contributed by atoms with Gasteiger partial charge in [-0.05, 0) is 31.0 Å². The Balaban J connectivity index is 2.15. The summed E-state index contributed by atoms with van der Waals surface area (Å²) < 4.78 is 7.11. The molecule has 0 aliphatic carbocycles. The molecule has 2 aromatic heterocycles. The molecule has 1 N–H and O–H groups in total. The highest BCUT2D eigenvalue weighted by atomic mass is 16.4. The van der Waals surface area contributed by atoms with Crippen LogP contribution in [0, 0.1) is 6.92 Å². The molecule has 1 atom stereocenters. The van der Waals surface area contributed by atoms with Crippen LogP contribution in [-0.2, 0) is 19.9 Å². The van der Waals surface area contributed by atoms with Crippen molar-refractivity contribution >= 4 is 0 Å². The van der Waals surface area contributed by atoms with Crippen molar-refractivity contribution in [3.05, 3.63) is 41.1 Å². The van der Waals surface area contributed by atoms with Crippen LogP contribution in [0.15, 0.2) is 22.8 Å². The van der Waals surface area contributed by atoms with E-state index in [2.05, 4.69) is 12.0 Å². The monoisotopic (exact) mass is 234 g/mol. The van der Waals surface area contributed by atoms with Gasteiger partial charge >= 0.3 is 0 Å². The molecular formula is C13H18N2O2. The van der Waals surface area contributed by atoms with Gasteiger partial charge in [0.15, 0.2) is 0 Å². The molecule has 17 heavy (non-hydrogen) atoms. The van der Waals surface area contributed by atoms with Gasteiger partial charge < -0.3 is 9.52 Å². The molecule has 4 nitrogen and oxygen atoms in total. The molecule has 0 aliphatic heterocycles. The maximum atomic E-state index is 10.1. The van der Waals surface area contributed by atoms with E-state index < -0.39 is 6.10 Å². The number of rotatable bonds is 4. The van der Waals surface area contributed by atoms with E-state index in [9.17, 15) is 5.11 Å². The summed E-state index contributed by atoms with van der Waals surface area (Å²) in [5.41, 5.74) is 3.05. The number of hydrogen-bond donors (Lipinski definition) is 1. The van der Waals surface area contributed by atoms with Crippen molar-refractivity contribution in [3.8, 4) is 0 Å². The predicted octanol–water partition coefficient (Wildman–Crippen LogP) is 2.16. The van der Waals surface area contributed by atoms with Gasteiger partial charge in [-0.3, -0.25) is 4.68 Å². The summed E-state index contributed by atoms with van der Waals surface area (Å²) in [5.74, 6) is 0.643. The number of aliphatic hydroxyl groups is 1. The Kier molecular flexibility index (Phi) is 3.33. The zero-order chi connectivity index (χ0) is 12.4. The molecule has 0 aromatic carbocycles. The molecular weight excluding hydrogens is 216 g/mol. The molecule has 4 heteroatoms. The van der Waals surface area contributed by atoms with Crippen molar-refractivity contribution < 1.29 is 9.52 Å². The molecule has 0 radical (unpaired) electrons. The van der Waals surface area contributed by atoms with E-state index in [0.29, 0.717) is 12.2 Å². The number of aliphatic hydroxyl groups excluding tert-OH is 1. The average molecular weight is 234 g/mol. The van der Waals surface area contributed by atoms with E-state index in [-0.39, 0.29) is 0 Å². The summed E-state index contributed by atoms with van der Waals surface area (Å²) in [6.45, 7) is 4.00. The van der Waals surface area contributed by atoms with Crippen molar-refractivity contribution in [1.29, 1.82) is 0 Å². The third kappa shape index (κ3) is 2.42. The molecule has 0 amide bonds. The van der Waals surface area contributed by atoms with Crippen LogP contribution in [-0.4, -0.2) is 14.9 Å². The highest BCUT2D eigenvalue weighted by molar-refractivity contribution is 5.19. The van der Waals surface area contributed by atoms with Crippen LogP contribution in [0.4, 0.5) is 0 Å². The van der Waals surface area contributed by atoms with Gasteiger partial charge in [-0.25, -0.2) is 0 Å². The van der Waals surface area contributed by atoms with Crippen molar-refractivity contribution in [2.45, 2.75) is 32.8 Å². The molecule has 0 saturated carbocycles. The Bertz CT molecular complexity index is 499. The van der Waals surface area contributed by atoms with Gasteiger partial charge in [0.1, 0.15) is 11.9 Å². The lowest BCUT2D eigenvalue weighted by Gasteiger charge is -2.08. The first-order valence-corrected chi connectivity index (χ1v) is 5.85. The fourth-order valence-corrected chi connectivity index (χ4v) is 1.95. The maximum Gasteiger partial charge on any atom is 0.135 e. The largest absolute Gasteiger partial charge is 0.466 e. The van der Waals surface area contributed by atoms with Crippen molar-refractivity contribution in [2.24, 2.45) is 7.05 Å². The molecule has 0 spiro atoms. The predicted molar refractivity (Wildman–Crippen MR) is 64.7 cm³/mol. The van der Waals surface area contributed by atoms with Crippen molar-refractivity contribution in [1.82, 2.24) is 9.78 Å². The zero-order valence-electron chi connectivity index (χ0n) is 10.5. The van der Waals surface area contributed by atoms with E-state index in [1.165, 1.54) is 0 Å². The van der Waals surface area contributed by atoms with Gasteiger partial charge in [-0.1, -0.05) is 6.92 Å². The average Bonchev–Trinajstić information content (AvgIpc) is 2.86. The zero-order valence-corrected chi connectivity index (χ0v) is 10.5. The molecule has 0 bridgehead atoms. The minimum Gasteiger partial charge on any atom is -0.466 e. The van der Waals surface area contributed by atoms with Crippen molar-refractivity contribution in [2.75, 3.05) is 0 Å². The van der Waals surface area contributed by atoms with E-state index >= 15 is 0 Å². The standard InChI is InChI=1S/C13H18N2O2/c1-4-10-7-11(15(3)14-10)8-12(16)13-9(2)5-6-17-13/h5-7,12,16H,4,8H2,1-3H3. The normalized spacial score (nSPS) is 12.9. The second kappa shape index (κ2) is 4.75. The first-order chi connectivity index (χ1) is 8.11. The topological polar surface area (TPSA) is 51.2 Å². The molecule has 2 heterocycles. The Morgan fingerprint density at radius 1 is 1.53 bits per heavy atom. The van der Waals surface area contributed by atoms with Crippen LogP contribution in [0.25, 0.3) is 0 Å². The van der Waals surface area contributed by atoms with Gasteiger partial charge in [0, 0.05) is 19.2 Å². The lowest BCUT2D eigenvalue weighted by atomic mass is 10.1. The Hall–Kier alpha value is -1.55. The lowest BCUT2D eigenvalue weighted by molar-refractivity contribution is 0.147. The number of nitrogens with zero attached hydrogens (tertiary/aromatic N) is 2. The van der Waals surface area contributed by atoms with E-state index in [4.69, 9.17) is 4.42 Å². The second-order valence-electron chi connectivity index (χ2n) is 4.29. The third-order valence-corrected chi connectivity index (χ3v) is 3.00. The SMILES string of the molecule is CCc1cc(CC(O)c2occc2C)n(C)n1. The molecule has 0 fully saturated rings. The van der Waals surface area contributed by atoms with Gasteiger partial charge in [-0.2, -0.15) is 5.10 Å². The Labute approximate surface area is 101 Å². The lowest BCUT2D eigenvalue weighted by Crippen LogP contribution is -2.06. The van der Waals surface area contributed by atoms with E-state index in [1.54, 1.807) is 6.26 Å². The summed E-state index contributed by atoms with van der Waals surface area (Å²) in [6, 6.07) is 3.89. The summed E-state index contributed by atoms with van der Waals surface area (Å²) >= 11 is 0. The quantitative estimate of drug-likeness (QED) is 0.882. The van der Waals surface area contributed by atoms with Gasteiger partial charge in [0.05, 0.1) is 12.0 Å².